The van der Waals surface area contributed by atoms with Gasteiger partial charge in [-0.25, -0.2) is 0 Å². The van der Waals surface area contributed by atoms with Gasteiger partial charge in [0.05, 0.1) is 5.71 Å². The van der Waals surface area contributed by atoms with Crippen LogP contribution in [-0.2, 0) is 0 Å². The van der Waals surface area contributed by atoms with Crippen LogP contribution in [0.2, 0.25) is 5.02 Å². The molecule has 1 aromatic carbocycles. The zero-order valence-electron chi connectivity index (χ0n) is 12.0. The quantitative estimate of drug-likeness (QED) is 0.493. The minimum absolute atomic E-state index is 0.540. The number of hydrogen-bond donors (Lipinski definition) is 2. The van der Waals surface area contributed by atoms with E-state index in [1.54, 1.807) is 0 Å². The van der Waals surface area contributed by atoms with E-state index in [1.165, 1.54) is 0 Å². The fourth-order valence-corrected chi connectivity index (χ4v) is 1.56. The second kappa shape index (κ2) is 8.72. The molecule has 0 fully saturated rings. The molecule has 0 bridgehead atoms. The third kappa shape index (κ3) is 7.26. The number of hydrazone groups is 1. The Balaban J connectivity index is 2.45. The minimum Gasteiger partial charge on any atom is -0.361 e. The molecule has 0 radical (unpaired) electrons. The molecule has 20 heavy (non-hydrogen) atoms. The summed E-state index contributed by atoms with van der Waals surface area (Å²) in [7, 11) is 0. The van der Waals surface area contributed by atoms with Crippen LogP contribution in [0.5, 0.6) is 0 Å². The number of thiocarbonyl (C=S) groups is 1. The molecule has 1 aromatic rings. The summed E-state index contributed by atoms with van der Waals surface area (Å²) in [5, 5.41) is 8.55. The summed E-state index contributed by atoms with van der Waals surface area (Å²) >= 11 is 10.9. The van der Waals surface area contributed by atoms with E-state index < -0.39 is 0 Å². The van der Waals surface area contributed by atoms with Crippen LogP contribution in [0.25, 0.3) is 6.08 Å². The van der Waals surface area contributed by atoms with Crippen molar-refractivity contribution in [3.8, 4) is 0 Å². The van der Waals surface area contributed by atoms with Crippen molar-refractivity contribution in [2.75, 3.05) is 6.54 Å². The summed E-state index contributed by atoms with van der Waals surface area (Å²) in [4.78, 5) is 0. The lowest BCUT2D eigenvalue weighted by molar-refractivity contribution is 0.621. The molecule has 0 saturated carbocycles. The number of nitrogens with zero attached hydrogens (tertiary/aromatic N) is 1. The third-order valence-corrected chi connectivity index (χ3v) is 2.88. The van der Waals surface area contributed by atoms with E-state index in [4.69, 9.17) is 23.8 Å². The van der Waals surface area contributed by atoms with E-state index in [0.717, 1.165) is 22.8 Å². The Kier molecular flexibility index (Phi) is 7.26. The molecule has 0 atom stereocenters. The molecule has 0 spiro atoms. The smallest absolute Gasteiger partial charge is 0.186 e. The van der Waals surface area contributed by atoms with E-state index in [-0.39, 0.29) is 0 Å². The molecule has 3 nitrogen and oxygen atoms in total. The van der Waals surface area contributed by atoms with Crippen LogP contribution in [0.3, 0.4) is 0 Å². The van der Waals surface area contributed by atoms with Gasteiger partial charge in [-0.2, -0.15) is 5.10 Å². The van der Waals surface area contributed by atoms with Crippen molar-refractivity contribution < 1.29 is 0 Å². The van der Waals surface area contributed by atoms with Gasteiger partial charge in [0.25, 0.3) is 0 Å². The van der Waals surface area contributed by atoms with Gasteiger partial charge in [-0.05, 0) is 48.8 Å². The van der Waals surface area contributed by atoms with Crippen LogP contribution >= 0.6 is 23.8 Å². The summed E-state index contributed by atoms with van der Waals surface area (Å²) in [5.74, 6) is 0.546. The Morgan fingerprint density at radius 1 is 1.35 bits per heavy atom. The average molecular weight is 310 g/mol. The summed E-state index contributed by atoms with van der Waals surface area (Å²) in [5.41, 5.74) is 4.73. The van der Waals surface area contributed by atoms with Gasteiger partial charge in [-0.15, -0.1) is 0 Å². The molecule has 0 aliphatic carbocycles. The number of rotatable bonds is 5. The lowest BCUT2D eigenvalue weighted by Gasteiger charge is -2.09. The first-order chi connectivity index (χ1) is 9.47. The molecule has 0 aliphatic heterocycles. The maximum Gasteiger partial charge on any atom is 0.186 e. The van der Waals surface area contributed by atoms with E-state index >= 15 is 0 Å². The van der Waals surface area contributed by atoms with Gasteiger partial charge in [0, 0.05) is 11.6 Å². The normalized spacial score (nSPS) is 11.9. The lowest BCUT2D eigenvalue weighted by Crippen LogP contribution is -2.34. The maximum absolute atomic E-state index is 5.83. The van der Waals surface area contributed by atoms with Gasteiger partial charge in [0.15, 0.2) is 5.11 Å². The molecular weight excluding hydrogens is 290 g/mol. The number of halogens is 1. The summed E-state index contributed by atoms with van der Waals surface area (Å²) in [6.45, 7) is 6.99. The van der Waals surface area contributed by atoms with Gasteiger partial charge in [0.1, 0.15) is 0 Å². The summed E-state index contributed by atoms with van der Waals surface area (Å²) in [6.07, 6.45) is 3.89. The highest BCUT2D eigenvalue weighted by molar-refractivity contribution is 7.80. The van der Waals surface area contributed by atoms with Crippen molar-refractivity contribution >= 4 is 40.7 Å². The zero-order chi connectivity index (χ0) is 15.0. The number of hydrogen-bond acceptors (Lipinski definition) is 2. The molecular formula is C15H20ClN3S. The highest BCUT2D eigenvalue weighted by Crippen LogP contribution is 2.10. The van der Waals surface area contributed by atoms with Gasteiger partial charge in [0.2, 0.25) is 0 Å². The summed E-state index contributed by atoms with van der Waals surface area (Å²) in [6, 6.07) is 7.62. The van der Waals surface area contributed by atoms with Crippen molar-refractivity contribution in [1.29, 1.82) is 0 Å². The van der Waals surface area contributed by atoms with Gasteiger partial charge in [-0.1, -0.05) is 43.7 Å². The Labute approximate surface area is 131 Å². The highest BCUT2D eigenvalue weighted by atomic mass is 35.5. The van der Waals surface area contributed by atoms with Gasteiger partial charge < -0.3 is 5.32 Å². The van der Waals surface area contributed by atoms with E-state index in [9.17, 15) is 0 Å². The zero-order valence-corrected chi connectivity index (χ0v) is 13.6. The van der Waals surface area contributed by atoms with Crippen molar-refractivity contribution in [3.63, 3.8) is 0 Å². The molecule has 0 unspecified atom stereocenters. The fourth-order valence-electron chi connectivity index (χ4n) is 1.30. The SMILES string of the molecule is CC(/C=C/c1ccc(Cl)cc1)=N\NC(=S)NCC(C)C. The number of benzene rings is 1. The minimum atomic E-state index is 0.540. The first-order valence-electron chi connectivity index (χ1n) is 6.49. The molecule has 0 aromatic heterocycles. The van der Waals surface area contributed by atoms with Crippen molar-refractivity contribution in [3.05, 3.63) is 40.9 Å². The molecule has 0 amide bonds. The highest BCUT2D eigenvalue weighted by Gasteiger charge is 1.96. The average Bonchev–Trinajstić information content (AvgIpc) is 2.42. The predicted octanol–water partition coefficient (Wildman–Crippen LogP) is 3.85. The monoisotopic (exact) mass is 309 g/mol. The Hall–Kier alpha value is -1.39. The molecule has 5 heteroatoms. The first-order valence-corrected chi connectivity index (χ1v) is 7.28. The Morgan fingerprint density at radius 2 is 2.00 bits per heavy atom. The van der Waals surface area contributed by atoms with E-state index in [2.05, 4.69) is 29.7 Å². The molecule has 1 rings (SSSR count). The fraction of sp³-hybridized carbons (Fsp3) is 0.333. The molecule has 0 heterocycles. The largest absolute Gasteiger partial charge is 0.361 e. The molecule has 0 saturated heterocycles. The van der Waals surface area contributed by atoms with E-state index in [0.29, 0.717) is 11.0 Å². The van der Waals surface area contributed by atoms with Gasteiger partial charge >= 0.3 is 0 Å². The topological polar surface area (TPSA) is 36.4 Å². The van der Waals surface area contributed by atoms with Crippen LogP contribution in [0.4, 0.5) is 0 Å². The Morgan fingerprint density at radius 3 is 2.60 bits per heavy atom. The standard InChI is InChI=1S/C15H20ClN3S/c1-11(2)10-17-15(20)19-18-12(3)4-5-13-6-8-14(16)9-7-13/h4-9,11H,10H2,1-3H3,(H2,17,19,20)/b5-4+,18-12+. The third-order valence-electron chi connectivity index (χ3n) is 2.39. The van der Waals surface area contributed by atoms with Crippen LogP contribution in [0, 0.1) is 5.92 Å². The lowest BCUT2D eigenvalue weighted by atomic mass is 10.2. The number of allylic oxidation sites excluding steroid dienone is 1. The van der Waals surface area contributed by atoms with Crippen molar-refractivity contribution in [2.45, 2.75) is 20.8 Å². The van der Waals surface area contributed by atoms with Crippen LogP contribution in [0.15, 0.2) is 35.4 Å². The summed E-state index contributed by atoms with van der Waals surface area (Å²) < 4.78 is 0. The first kappa shape index (κ1) is 16.7. The second-order valence-corrected chi connectivity index (χ2v) is 5.70. The van der Waals surface area contributed by atoms with Gasteiger partial charge in [-0.3, -0.25) is 5.43 Å². The van der Waals surface area contributed by atoms with Crippen molar-refractivity contribution in [2.24, 2.45) is 11.0 Å². The van der Waals surface area contributed by atoms with Crippen molar-refractivity contribution in [1.82, 2.24) is 10.7 Å². The van der Waals surface area contributed by atoms with Crippen LogP contribution in [0.1, 0.15) is 26.3 Å². The predicted molar refractivity (Wildman–Crippen MR) is 92.2 cm³/mol. The van der Waals surface area contributed by atoms with E-state index in [1.807, 2.05) is 43.3 Å². The maximum atomic E-state index is 5.83. The van der Waals surface area contributed by atoms with Crippen LogP contribution in [-0.4, -0.2) is 17.4 Å². The van der Waals surface area contributed by atoms with Crippen LogP contribution < -0.4 is 10.7 Å². The molecule has 2 N–H and O–H groups in total. The number of nitrogens with one attached hydrogen (secondary N) is 2. The second-order valence-electron chi connectivity index (χ2n) is 4.85. The molecule has 0 aliphatic rings. The molecule has 108 valence electrons. The Bertz CT molecular complexity index is 492.